The standard InChI is InChI=1S/C15H18N2O/c1-3-18-15-7-5-4-6-13(15)10-17-14-11-16-9-8-12(14)2/h4-9,11,17H,3,10H2,1-2H3. The molecule has 2 aromatic rings. The zero-order valence-electron chi connectivity index (χ0n) is 10.8. The van der Waals surface area contributed by atoms with Gasteiger partial charge in [-0.05, 0) is 31.5 Å². The highest BCUT2D eigenvalue weighted by Crippen LogP contribution is 2.20. The van der Waals surface area contributed by atoms with Crippen molar-refractivity contribution >= 4 is 5.69 Å². The van der Waals surface area contributed by atoms with Gasteiger partial charge >= 0.3 is 0 Å². The minimum atomic E-state index is 0.683. The normalized spacial score (nSPS) is 10.1. The van der Waals surface area contributed by atoms with E-state index in [1.54, 1.807) is 6.20 Å². The number of nitrogens with one attached hydrogen (secondary N) is 1. The summed E-state index contributed by atoms with van der Waals surface area (Å²) in [5.74, 6) is 0.939. The van der Waals surface area contributed by atoms with Gasteiger partial charge in [-0.2, -0.15) is 0 Å². The Morgan fingerprint density at radius 3 is 2.83 bits per heavy atom. The second-order valence-electron chi connectivity index (χ2n) is 4.08. The Balaban J connectivity index is 2.08. The molecule has 1 N–H and O–H groups in total. The van der Waals surface area contributed by atoms with Crippen LogP contribution in [-0.2, 0) is 6.54 Å². The van der Waals surface area contributed by atoms with E-state index in [4.69, 9.17) is 4.74 Å². The molecule has 2 rings (SSSR count). The zero-order valence-corrected chi connectivity index (χ0v) is 10.8. The molecule has 0 saturated carbocycles. The molecule has 1 aromatic heterocycles. The van der Waals surface area contributed by atoms with Crippen molar-refractivity contribution in [1.82, 2.24) is 4.98 Å². The van der Waals surface area contributed by atoms with Gasteiger partial charge in [0, 0.05) is 18.3 Å². The van der Waals surface area contributed by atoms with Crippen LogP contribution in [0.15, 0.2) is 42.7 Å². The molecule has 0 saturated heterocycles. The fourth-order valence-electron chi connectivity index (χ4n) is 1.79. The maximum absolute atomic E-state index is 5.60. The Kier molecular flexibility index (Phi) is 4.18. The maximum Gasteiger partial charge on any atom is 0.124 e. The van der Waals surface area contributed by atoms with Crippen LogP contribution in [0.1, 0.15) is 18.1 Å². The Labute approximate surface area is 108 Å². The summed E-state index contributed by atoms with van der Waals surface area (Å²) < 4.78 is 5.60. The molecule has 3 heteroatoms. The van der Waals surface area contributed by atoms with Crippen molar-refractivity contribution < 1.29 is 4.74 Å². The van der Waals surface area contributed by atoms with E-state index in [9.17, 15) is 0 Å². The minimum absolute atomic E-state index is 0.683. The summed E-state index contributed by atoms with van der Waals surface area (Å²) in [5.41, 5.74) is 3.41. The highest BCUT2D eigenvalue weighted by atomic mass is 16.5. The molecular formula is C15H18N2O. The number of nitrogens with zero attached hydrogens (tertiary/aromatic N) is 1. The van der Waals surface area contributed by atoms with Crippen molar-refractivity contribution in [1.29, 1.82) is 0 Å². The number of aryl methyl sites for hydroxylation is 1. The Bertz CT molecular complexity index is 511. The lowest BCUT2D eigenvalue weighted by molar-refractivity contribution is 0.337. The van der Waals surface area contributed by atoms with Crippen LogP contribution in [-0.4, -0.2) is 11.6 Å². The zero-order chi connectivity index (χ0) is 12.8. The predicted octanol–water partition coefficient (Wildman–Crippen LogP) is 3.40. The van der Waals surface area contributed by atoms with Gasteiger partial charge in [-0.3, -0.25) is 4.98 Å². The van der Waals surface area contributed by atoms with Crippen LogP contribution in [0, 0.1) is 6.92 Å². The second kappa shape index (κ2) is 6.05. The number of hydrogen-bond acceptors (Lipinski definition) is 3. The molecule has 1 aromatic carbocycles. The second-order valence-corrected chi connectivity index (χ2v) is 4.08. The summed E-state index contributed by atoms with van der Waals surface area (Å²) in [7, 11) is 0. The number of hydrogen-bond donors (Lipinski definition) is 1. The van der Waals surface area contributed by atoms with Crippen LogP contribution in [0.3, 0.4) is 0 Å². The smallest absolute Gasteiger partial charge is 0.124 e. The first kappa shape index (κ1) is 12.4. The van der Waals surface area contributed by atoms with Gasteiger partial charge in [0.25, 0.3) is 0 Å². The number of rotatable bonds is 5. The molecule has 0 unspecified atom stereocenters. The summed E-state index contributed by atoms with van der Waals surface area (Å²) in [6.07, 6.45) is 3.65. The lowest BCUT2D eigenvalue weighted by Crippen LogP contribution is -2.04. The van der Waals surface area contributed by atoms with Crippen LogP contribution < -0.4 is 10.1 Å². The van der Waals surface area contributed by atoms with Crippen LogP contribution >= 0.6 is 0 Å². The molecule has 0 aliphatic heterocycles. The molecule has 1 heterocycles. The molecule has 0 radical (unpaired) electrons. The molecular weight excluding hydrogens is 224 g/mol. The molecule has 0 fully saturated rings. The summed E-state index contributed by atoms with van der Waals surface area (Å²) in [4.78, 5) is 4.12. The Morgan fingerprint density at radius 2 is 2.06 bits per heavy atom. The van der Waals surface area contributed by atoms with E-state index in [1.807, 2.05) is 37.4 Å². The fraction of sp³-hybridized carbons (Fsp3) is 0.267. The molecule has 0 bridgehead atoms. The van der Waals surface area contributed by atoms with Gasteiger partial charge in [0.2, 0.25) is 0 Å². The topological polar surface area (TPSA) is 34.1 Å². The number of ether oxygens (including phenoxy) is 1. The van der Waals surface area contributed by atoms with Crippen molar-refractivity contribution in [3.8, 4) is 5.75 Å². The fourth-order valence-corrected chi connectivity index (χ4v) is 1.79. The third-order valence-electron chi connectivity index (χ3n) is 2.78. The summed E-state index contributed by atoms with van der Waals surface area (Å²) in [6, 6.07) is 10.1. The van der Waals surface area contributed by atoms with E-state index in [1.165, 1.54) is 5.56 Å². The quantitative estimate of drug-likeness (QED) is 0.872. The van der Waals surface area contributed by atoms with Crippen LogP contribution in [0.25, 0.3) is 0 Å². The lowest BCUT2D eigenvalue weighted by Gasteiger charge is -2.12. The van der Waals surface area contributed by atoms with Gasteiger partial charge in [0.1, 0.15) is 5.75 Å². The van der Waals surface area contributed by atoms with Crippen LogP contribution in [0.5, 0.6) is 5.75 Å². The minimum Gasteiger partial charge on any atom is -0.494 e. The van der Waals surface area contributed by atoms with Gasteiger partial charge < -0.3 is 10.1 Å². The predicted molar refractivity (Wildman–Crippen MR) is 73.9 cm³/mol. The van der Waals surface area contributed by atoms with Crippen molar-refractivity contribution in [2.24, 2.45) is 0 Å². The van der Waals surface area contributed by atoms with E-state index < -0.39 is 0 Å². The van der Waals surface area contributed by atoms with Gasteiger partial charge in [-0.25, -0.2) is 0 Å². The third kappa shape index (κ3) is 3.00. The number of aromatic nitrogens is 1. The van der Waals surface area contributed by atoms with Crippen molar-refractivity contribution in [2.75, 3.05) is 11.9 Å². The summed E-state index contributed by atoms with van der Waals surface area (Å²) >= 11 is 0. The molecule has 94 valence electrons. The third-order valence-corrected chi connectivity index (χ3v) is 2.78. The van der Waals surface area contributed by atoms with E-state index in [-0.39, 0.29) is 0 Å². The van der Waals surface area contributed by atoms with E-state index in [0.717, 1.165) is 23.5 Å². The molecule has 0 atom stereocenters. The van der Waals surface area contributed by atoms with Gasteiger partial charge in [0.05, 0.1) is 18.5 Å². The number of benzene rings is 1. The van der Waals surface area contributed by atoms with Crippen LogP contribution in [0.2, 0.25) is 0 Å². The van der Waals surface area contributed by atoms with Gasteiger partial charge in [-0.1, -0.05) is 18.2 Å². The first-order valence-corrected chi connectivity index (χ1v) is 6.16. The average Bonchev–Trinajstić information content (AvgIpc) is 2.40. The number of para-hydroxylation sites is 1. The highest BCUT2D eigenvalue weighted by molar-refractivity contribution is 5.49. The molecule has 0 spiro atoms. The first-order valence-electron chi connectivity index (χ1n) is 6.16. The van der Waals surface area contributed by atoms with E-state index in [0.29, 0.717) is 6.61 Å². The summed E-state index contributed by atoms with van der Waals surface area (Å²) in [6.45, 7) is 5.49. The van der Waals surface area contributed by atoms with Gasteiger partial charge in [-0.15, -0.1) is 0 Å². The number of pyridine rings is 1. The maximum atomic E-state index is 5.60. The lowest BCUT2D eigenvalue weighted by atomic mass is 10.2. The van der Waals surface area contributed by atoms with Crippen molar-refractivity contribution in [3.05, 3.63) is 53.9 Å². The summed E-state index contributed by atoms with van der Waals surface area (Å²) in [5, 5.41) is 3.39. The van der Waals surface area contributed by atoms with E-state index >= 15 is 0 Å². The van der Waals surface area contributed by atoms with E-state index in [2.05, 4.69) is 23.3 Å². The highest BCUT2D eigenvalue weighted by Gasteiger charge is 2.03. The average molecular weight is 242 g/mol. The Morgan fingerprint density at radius 1 is 1.22 bits per heavy atom. The largest absolute Gasteiger partial charge is 0.494 e. The SMILES string of the molecule is CCOc1ccccc1CNc1cnccc1C. The molecule has 0 aliphatic carbocycles. The molecule has 18 heavy (non-hydrogen) atoms. The molecule has 0 aliphatic rings. The van der Waals surface area contributed by atoms with Crippen molar-refractivity contribution in [3.63, 3.8) is 0 Å². The monoisotopic (exact) mass is 242 g/mol. The van der Waals surface area contributed by atoms with Crippen LogP contribution in [0.4, 0.5) is 5.69 Å². The molecule has 0 amide bonds. The molecule has 3 nitrogen and oxygen atoms in total. The van der Waals surface area contributed by atoms with Gasteiger partial charge in [0.15, 0.2) is 0 Å². The van der Waals surface area contributed by atoms with Crippen molar-refractivity contribution in [2.45, 2.75) is 20.4 Å². The Hall–Kier alpha value is -2.03. The first-order chi connectivity index (χ1) is 8.81. The number of anilines is 1.